The zero-order valence-electron chi connectivity index (χ0n) is 24.8. The van der Waals surface area contributed by atoms with Crippen molar-refractivity contribution >= 4 is 75.9 Å². The fourth-order valence-electron chi connectivity index (χ4n) is 7.91. The summed E-state index contributed by atoms with van der Waals surface area (Å²) in [7, 11) is 0. The Labute approximate surface area is 260 Å². The van der Waals surface area contributed by atoms with Gasteiger partial charge in [0.1, 0.15) is 0 Å². The van der Waals surface area contributed by atoms with E-state index in [-0.39, 0.29) is 0 Å². The molecule has 10 rings (SSSR count). The van der Waals surface area contributed by atoms with Gasteiger partial charge in [0.25, 0.3) is 0 Å². The molecule has 0 bridgehead atoms. The van der Waals surface area contributed by atoms with Crippen LogP contribution < -0.4 is 0 Å². The molecule has 0 atom stereocenters. The predicted octanol–water partition coefficient (Wildman–Crippen LogP) is 11.6. The van der Waals surface area contributed by atoms with Crippen molar-refractivity contribution in [2.24, 2.45) is 0 Å². The van der Waals surface area contributed by atoms with Gasteiger partial charge in [0.2, 0.25) is 0 Å². The van der Waals surface area contributed by atoms with Crippen LogP contribution in [0.3, 0.4) is 0 Å². The van der Waals surface area contributed by atoms with Crippen molar-refractivity contribution in [2.75, 3.05) is 0 Å². The molecule has 10 aromatic rings. The summed E-state index contributed by atoms with van der Waals surface area (Å²) in [5, 5.41) is 12.9. The lowest BCUT2D eigenvalue weighted by Gasteiger charge is -2.16. The molecular formula is C43H28N2. The van der Waals surface area contributed by atoms with E-state index in [1.807, 2.05) is 0 Å². The van der Waals surface area contributed by atoms with Crippen molar-refractivity contribution in [3.8, 4) is 11.4 Å². The molecule has 0 aliphatic carbocycles. The van der Waals surface area contributed by atoms with Gasteiger partial charge in [-0.1, -0.05) is 121 Å². The highest BCUT2D eigenvalue weighted by molar-refractivity contribution is 6.45. The third-order valence-electron chi connectivity index (χ3n) is 9.71. The molecule has 0 spiro atoms. The number of rotatable bonds is 2. The second kappa shape index (κ2) is 9.07. The van der Waals surface area contributed by atoms with Crippen LogP contribution in [0, 0.1) is 6.92 Å². The summed E-state index contributed by atoms with van der Waals surface area (Å²) in [4.78, 5) is 0. The van der Waals surface area contributed by atoms with Crippen molar-refractivity contribution in [1.29, 1.82) is 0 Å². The quantitative estimate of drug-likeness (QED) is 0.182. The lowest BCUT2D eigenvalue weighted by molar-refractivity contribution is 1.18. The highest BCUT2D eigenvalue weighted by atomic mass is 15.0. The molecule has 0 saturated heterocycles. The molecule has 0 radical (unpaired) electrons. The third-order valence-corrected chi connectivity index (χ3v) is 9.71. The summed E-state index contributed by atoms with van der Waals surface area (Å²) in [5.74, 6) is 0. The van der Waals surface area contributed by atoms with E-state index in [2.05, 4.69) is 168 Å². The Kier molecular flexibility index (Phi) is 4.95. The molecule has 8 aromatic carbocycles. The number of para-hydroxylation sites is 3. The molecule has 0 unspecified atom stereocenters. The van der Waals surface area contributed by atoms with Crippen LogP contribution in [0.4, 0.5) is 0 Å². The van der Waals surface area contributed by atoms with Crippen LogP contribution in [-0.4, -0.2) is 9.13 Å². The molecule has 210 valence electrons. The van der Waals surface area contributed by atoms with Gasteiger partial charge in [-0.15, -0.1) is 0 Å². The van der Waals surface area contributed by atoms with E-state index in [0.717, 1.165) is 0 Å². The smallest absolute Gasteiger partial charge is 0.0626 e. The molecule has 0 N–H and O–H groups in total. The van der Waals surface area contributed by atoms with E-state index in [0.29, 0.717) is 0 Å². The van der Waals surface area contributed by atoms with Gasteiger partial charge in [-0.3, -0.25) is 0 Å². The summed E-state index contributed by atoms with van der Waals surface area (Å²) in [6.07, 6.45) is 0. The molecular weight excluding hydrogens is 544 g/mol. The van der Waals surface area contributed by atoms with E-state index >= 15 is 0 Å². The first-order valence-corrected chi connectivity index (χ1v) is 15.6. The topological polar surface area (TPSA) is 9.86 Å². The first kappa shape index (κ1) is 24.6. The Bertz CT molecular complexity index is 2800. The third kappa shape index (κ3) is 3.23. The summed E-state index contributed by atoms with van der Waals surface area (Å²) in [6, 6.07) is 55.7. The molecule has 2 aromatic heterocycles. The normalized spacial score (nSPS) is 12.1. The molecule has 45 heavy (non-hydrogen) atoms. The first-order chi connectivity index (χ1) is 22.3. The van der Waals surface area contributed by atoms with Crippen molar-refractivity contribution < 1.29 is 0 Å². The molecule has 2 heteroatoms. The zero-order chi connectivity index (χ0) is 29.6. The zero-order valence-corrected chi connectivity index (χ0v) is 24.8. The second-order valence-electron chi connectivity index (χ2n) is 12.2. The fourth-order valence-corrected chi connectivity index (χ4v) is 7.91. The molecule has 2 heterocycles. The van der Waals surface area contributed by atoms with Gasteiger partial charge in [0.15, 0.2) is 0 Å². The Hall–Kier alpha value is -5.86. The van der Waals surface area contributed by atoms with Gasteiger partial charge >= 0.3 is 0 Å². The van der Waals surface area contributed by atoms with E-state index < -0.39 is 0 Å². The maximum Gasteiger partial charge on any atom is 0.0626 e. The minimum absolute atomic E-state index is 1.17. The van der Waals surface area contributed by atoms with Crippen LogP contribution in [0.2, 0.25) is 0 Å². The lowest BCUT2D eigenvalue weighted by Crippen LogP contribution is -1.96. The molecule has 0 fully saturated rings. The van der Waals surface area contributed by atoms with Crippen molar-refractivity contribution in [1.82, 2.24) is 9.13 Å². The average Bonchev–Trinajstić information content (AvgIpc) is 3.63. The number of benzene rings is 8. The Morgan fingerprint density at radius 2 is 0.711 bits per heavy atom. The molecule has 0 saturated carbocycles. The summed E-state index contributed by atoms with van der Waals surface area (Å²) >= 11 is 0. The lowest BCUT2D eigenvalue weighted by atomic mass is 9.89. The maximum absolute atomic E-state index is 2.49. The Morgan fingerprint density at radius 3 is 1.22 bits per heavy atom. The summed E-state index contributed by atoms with van der Waals surface area (Å²) in [6.45, 7) is 2.16. The van der Waals surface area contributed by atoms with Crippen LogP contribution in [0.1, 0.15) is 5.56 Å². The van der Waals surface area contributed by atoms with E-state index in [1.165, 1.54) is 92.9 Å². The Balaban J connectivity index is 1.60. The van der Waals surface area contributed by atoms with Gasteiger partial charge in [-0.25, -0.2) is 0 Å². The number of aromatic nitrogens is 2. The number of fused-ring (bicyclic) bond motifs is 15. The van der Waals surface area contributed by atoms with Crippen molar-refractivity contribution in [3.05, 3.63) is 157 Å². The number of nitrogens with zero attached hydrogens (tertiary/aromatic N) is 2. The van der Waals surface area contributed by atoms with E-state index in [9.17, 15) is 0 Å². The molecule has 0 amide bonds. The highest BCUT2D eigenvalue weighted by Gasteiger charge is 2.25. The highest BCUT2D eigenvalue weighted by Crippen LogP contribution is 2.50. The van der Waals surface area contributed by atoms with Crippen LogP contribution in [0.25, 0.3) is 87.3 Å². The van der Waals surface area contributed by atoms with Crippen LogP contribution >= 0.6 is 0 Å². The number of hydrogen-bond acceptors (Lipinski definition) is 0. The van der Waals surface area contributed by atoms with Gasteiger partial charge in [0.05, 0.1) is 22.1 Å². The summed E-state index contributed by atoms with van der Waals surface area (Å²) in [5.41, 5.74) is 8.58. The van der Waals surface area contributed by atoms with Gasteiger partial charge < -0.3 is 9.13 Å². The summed E-state index contributed by atoms with van der Waals surface area (Å²) < 4.78 is 4.97. The van der Waals surface area contributed by atoms with E-state index in [1.54, 1.807) is 0 Å². The minimum Gasteiger partial charge on any atom is -0.309 e. The van der Waals surface area contributed by atoms with Gasteiger partial charge in [-0.2, -0.15) is 0 Å². The maximum atomic E-state index is 2.49. The fraction of sp³-hybridized carbons (Fsp3) is 0.0233. The van der Waals surface area contributed by atoms with Crippen molar-refractivity contribution in [2.45, 2.75) is 6.92 Å². The molecule has 2 nitrogen and oxygen atoms in total. The van der Waals surface area contributed by atoms with E-state index in [4.69, 9.17) is 0 Å². The first-order valence-electron chi connectivity index (χ1n) is 15.6. The van der Waals surface area contributed by atoms with Gasteiger partial charge in [0, 0.05) is 49.1 Å². The van der Waals surface area contributed by atoms with Gasteiger partial charge in [-0.05, 0) is 59.5 Å². The second-order valence-corrected chi connectivity index (χ2v) is 12.2. The number of aryl methyl sites for hydroxylation is 1. The molecule has 0 aliphatic heterocycles. The molecule has 0 aliphatic rings. The van der Waals surface area contributed by atoms with Crippen LogP contribution in [0.15, 0.2) is 152 Å². The van der Waals surface area contributed by atoms with Crippen LogP contribution in [0.5, 0.6) is 0 Å². The number of hydrogen-bond donors (Lipinski definition) is 0. The van der Waals surface area contributed by atoms with Crippen molar-refractivity contribution in [3.63, 3.8) is 0 Å². The predicted molar refractivity (Wildman–Crippen MR) is 192 cm³/mol. The standard InChI is InChI=1S/C43H28N2/c1-27-23-25-29(26-24-27)45-37-22-12-10-20-35(37)40-41-38(31-16-6-8-18-33(31)43(40)45)30-15-5-7-17-32(30)42-39(41)34-19-9-11-21-36(34)44(42)28-13-3-2-4-14-28/h2-26H,1H3. The van der Waals surface area contributed by atoms with Crippen LogP contribution in [-0.2, 0) is 0 Å². The minimum atomic E-state index is 1.17. The SMILES string of the molecule is Cc1ccc(-n2c3ccccc3c3c4c(c5ccccc5c5c4c4ccccc4n5-c4ccccc4)c4ccccc4c32)cc1. The Morgan fingerprint density at radius 1 is 0.311 bits per heavy atom. The monoisotopic (exact) mass is 572 g/mol. The largest absolute Gasteiger partial charge is 0.309 e. The average molecular weight is 573 g/mol.